The van der Waals surface area contributed by atoms with Gasteiger partial charge in [-0.25, -0.2) is 4.98 Å². The maximum Gasteiger partial charge on any atom is 0.252 e. The third-order valence-electron chi connectivity index (χ3n) is 5.53. The Morgan fingerprint density at radius 1 is 1.03 bits per heavy atom. The number of pyridine rings is 1. The second-order valence-corrected chi connectivity index (χ2v) is 7.85. The van der Waals surface area contributed by atoms with Crippen molar-refractivity contribution in [1.82, 2.24) is 10.3 Å². The molecule has 0 saturated heterocycles. The lowest BCUT2D eigenvalue weighted by atomic mass is 10.0. The van der Waals surface area contributed by atoms with E-state index < -0.39 is 0 Å². The van der Waals surface area contributed by atoms with Crippen molar-refractivity contribution in [2.45, 2.75) is 25.5 Å². The normalized spacial score (nSPS) is 15.7. The van der Waals surface area contributed by atoms with Crippen LogP contribution in [0.3, 0.4) is 0 Å². The number of nitrogens with zero attached hydrogens (tertiary/aromatic N) is 1. The molecule has 158 valence electrons. The van der Waals surface area contributed by atoms with Gasteiger partial charge in [0.1, 0.15) is 19.8 Å². The highest BCUT2D eigenvalue weighted by atomic mass is 16.6. The summed E-state index contributed by atoms with van der Waals surface area (Å²) in [6.45, 7) is 1.51. The lowest BCUT2D eigenvalue weighted by molar-refractivity contribution is 0.0930. The molecule has 1 atom stereocenters. The molecule has 2 aromatic carbocycles. The van der Waals surface area contributed by atoms with Crippen LogP contribution >= 0.6 is 0 Å². The van der Waals surface area contributed by atoms with Gasteiger partial charge in [-0.3, -0.25) is 4.79 Å². The number of hydrogen-bond donors (Lipinski definition) is 1. The summed E-state index contributed by atoms with van der Waals surface area (Å²) in [5, 5.41) is 3.20. The minimum Gasteiger partial charge on any atom is -0.486 e. The molecule has 5 rings (SSSR count). The molecular formula is C25H24N2O4. The number of carbonyl (C=O) groups is 1. The summed E-state index contributed by atoms with van der Waals surface area (Å²) in [4.78, 5) is 17.3. The molecule has 1 unspecified atom stereocenters. The van der Waals surface area contributed by atoms with Crippen LogP contribution in [0.25, 0.3) is 0 Å². The van der Waals surface area contributed by atoms with Crippen molar-refractivity contribution in [2.24, 2.45) is 5.92 Å². The van der Waals surface area contributed by atoms with E-state index in [1.807, 2.05) is 48.5 Å². The molecule has 0 bridgehead atoms. The number of ether oxygens (including phenoxy) is 3. The van der Waals surface area contributed by atoms with Gasteiger partial charge in [0.25, 0.3) is 5.91 Å². The van der Waals surface area contributed by atoms with E-state index in [2.05, 4.69) is 10.3 Å². The summed E-state index contributed by atoms with van der Waals surface area (Å²) in [7, 11) is 0. The number of hydrogen-bond acceptors (Lipinski definition) is 5. The summed E-state index contributed by atoms with van der Waals surface area (Å²) in [6, 6.07) is 19.1. The Morgan fingerprint density at radius 3 is 2.65 bits per heavy atom. The van der Waals surface area contributed by atoms with E-state index in [9.17, 15) is 4.79 Å². The predicted molar refractivity (Wildman–Crippen MR) is 115 cm³/mol. The van der Waals surface area contributed by atoms with E-state index in [0.29, 0.717) is 37.2 Å². The second-order valence-electron chi connectivity index (χ2n) is 7.85. The van der Waals surface area contributed by atoms with Gasteiger partial charge in [-0.1, -0.05) is 36.4 Å². The molecule has 1 aromatic heterocycles. The first-order chi connectivity index (χ1) is 15.3. The van der Waals surface area contributed by atoms with E-state index in [4.69, 9.17) is 14.2 Å². The van der Waals surface area contributed by atoms with Crippen molar-refractivity contribution < 1.29 is 19.0 Å². The maximum atomic E-state index is 13.0. The molecule has 0 spiro atoms. The minimum absolute atomic E-state index is 0.0646. The quantitative estimate of drug-likeness (QED) is 0.621. The van der Waals surface area contributed by atoms with Gasteiger partial charge in [0.15, 0.2) is 11.5 Å². The van der Waals surface area contributed by atoms with Gasteiger partial charge in [-0.05, 0) is 48.1 Å². The van der Waals surface area contributed by atoms with Gasteiger partial charge in [-0.15, -0.1) is 0 Å². The first kappa shape index (κ1) is 19.4. The Morgan fingerprint density at radius 2 is 1.84 bits per heavy atom. The van der Waals surface area contributed by atoms with E-state index in [-0.39, 0.29) is 11.9 Å². The topological polar surface area (TPSA) is 69.7 Å². The number of fused-ring (bicyclic) bond motifs is 1. The molecule has 1 N–H and O–H groups in total. The van der Waals surface area contributed by atoms with Crippen molar-refractivity contribution >= 4 is 5.91 Å². The fourth-order valence-corrected chi connectivity index (χ4v) is 3.74. The van der Waals surface area contributed by atoms with Crippen LogP contribution in [0, 0.1) is 5.92 Å². The van der Waals surface area contributed by atoms with Gasteiger partial charge in [0.2, 0.25) is 5.88 Å². The smallest absolute Gasteiger partial charge is 0.252 e. The highest BCUT2D eigenvalue weighted by molar-refractivity contribution is 5.94. The lowest BCUT2D eigenvalue weighted by Gasteiger charge is -2.23. The molecule has 2 heterocycles. The summed E-state index contributed by atoms with van der Waals surface area (Å²) in [5.41, 5.74) is 2.61. The van der Waals surface area contributed by atoms with Crippen LogP contribution in [0.15, 0.2) is 66.9 Å². The fourth-order valence-electron chi connectivity index (χ4n) is 3.74. The average Bonchev–Trinajstić information content (AvgIpc) is 3.67. The molecule has 1 aliphatic carbocycles. The van der Waals surface area contributed by atoms with Crippen LogP contribution in [0.1, 0.15) is 40.4 Å². The average molecular weight is 416 g/mol. The SMILES string of the molecule is O=C(NC(c1ccc2c(c1)OCCO2)C1CC1)c1ccnc(OCc2ccccc2)c1. The minimum atomic E-state index is -0.140. The van der Waals surface area contributed by atoms with Gasteiger partial charge < -0.3 is 19.5 Å². The van der Waals surface area contributed by atoms with Gasteiger partial charge in [-0.2, -0.15) is 0 Å². The zero-order valence-corrected chi connectivity index (χ0v) is 17.1. The molecule has 0 radical (unpaired) electrons. The number of rotatable bonds is 7. The number of benzene rings is 2. The first-order valence-electron chi connectivity index (χ1n) is 10.6. The van der Waals surface area contributed by atoms with Crippen LogP contribution in [-0.2, 0) is 6.61 Å². The summed E-state index contributed by atoms with van der Waals surface area (Å²) in [6.07, 6.45) is 3.80. The Balaban J connectivity index is 1.29. The molecular weight excluding hydrogens is 392 g/mol. The summed E-state index contributed by atoms with van der Waals surface area (Å²) in [5.74, 6) is 2.22. The maximum absolute atomic E-state index is 13.0. The first-order valence-corrected chi connectivity index (χ1v) is 10.6. The zero-order valence-electron chi connectivity index (χ0n) is 17.1. The molecule has 1 amide bonds. The fraction of sp³-hybridized carbons (Fsp3) is 0.280. The van der Waals surface area contributed by atoms with Gasteiger partial charge in [0.05, 0.1) is 6.04 Å². The monoisotopic (exact) mass is 416 g/mol. The van der Waals surface area contributed by atoms with Crippen LogP contribution in [0.4, 0.5) is 0 Å². The molecule has 6 nitrogen and oxygen atoms in total. The number of nitrogens with one attached hydrogen (secondary N) is 1. The standard InChI is InChI=1S/C25H24N2O4/c28-25(20-10-11-26-23(15-20)31-16-17-4-2-1-3-5-17)27-24(18-6-7-18)19-8-9-21-22(14-19)30-13-12-29-21/h1-5,8-11,14-15,18,24H,6-7,12-13,16H2,(H,27,28). The highest BCUT2D eigenvalue weighted by Gasteiger charge is 2.34. The van der Waals surface area contributed by atoms with Crippen molar-refractivity contribution in [2.75, 3.05) is 13.2 Å². The number of carbonyl (C=O) groups excluding carboxylic acids is 1. The number of amides is 1. The van der Waals surface area contributed by atoms with E-state index >= 15 is 0 Å². The van der Waals surface area contributed by atoms with Gasteiger partial charge in [0, 0.05) is 17.8 Å². The van der Waals surface area contributed by atoms with Crippen molar-refractivity contribution in [3.8, 4) is 17.4 Å². The largest absolute Gasteiger partial charge is 0.486 e. The Kier molecular flexibility index (Phi) is 5.44. The predicted octanol–water partition coefficient (Wildman–Crippen LogP) is 4.31. The molecule has 1 saturated carbocycles. The third kappa shape index (κ3) is 4.63. The molecule has 3 aromatic rings. The Bertz CT molecular complexity index is 1070. The van der Waals surface area contributed by atoms with E-state index in [1.165, 1.54) is 0 Å². The molecule has 2 aliphatic rings. The zero-order chi connectivity index (χ0) is 21.0. The third-order valence-corrected chi connectivity index (χ3v) is 5.53. The van der Waals surface area contributed by atoms with E-state index in [0.717, 1.165) is 35.5 Å². The van der Waals surface area contributed by atoms with Crippen LogP contribution in [0.2, 0.25) is 0 Å². The molecule has 1 aliphatic heterocycles. The lowest BCUT2D eigenvalue weighted by Crippen LogP contribution is -2.30. The van der Waals surface area contributed by atoms with Gasteiger partial charge >= 0.3 is 0 Å². The van der Waals surface area contributed by atoms with Crippen LogP contribution in [-0.4, -0.2) is 24.1 Å². The van der Waals surface area contributed by atoms with Crippen LogP contribution < -0.4 is 19.5 Å². The highest BCUT2D eigenvalue weighted by Crippen LogP contribution is 2.43. The summed E-state index contributed by atoms with van der Waals surface area (Å²) < 4.78 is 17.1. The second kappa shape index (κ2) is 8.68. The Labute approximate surface area is 181 Å². The molecule has 31 heavy (non-hydrogen) atoms. The Hall–Kier alpha value is -3.54. The summed E-state index contributed by atoms with van der Waals surface area (Å²) >= 11 is 0. The van der Waals surface area contributed by atoms with Crippen LogP contribution in [0.5, 0.6) is 17.4 Å². The molecule has 6 heteroatoms. The van der Waals surface area contributed by atoms with Crippen molar-refractivity contribution in [1.29, 1.82) is 0 Å². The van der Waals surface area contributed by atoms with Crippen molar-refractivity contribution in [3.63, 3.8) is 0 Å². The number of aromatic nitrogens is 1. The van der Waals surface area contributed by atoms with E-state index in [1.54, 1.807) is 18.3 Å². The molecule has 1 fully saturated rings. The van der Waals surface area contributed by atoms with Crippen molar-refractivity contribution in [3.05, 3.63) is 83.6 Å².